The first-order valence-electron chi connectivity index (χ1n) is 11.8. The summed E-state index contributed by atoms with van der Waals surface area (Å²) in [4.78, 5) is 31.4. The lowest BCUT2D eigenvalue weighted by atomic mass is 10.1. The molecule has 2 saturated heterocycles. The molecule has 11 heteroatoms. The predicted molar refractivity (Wildman–Crippen MR) is 131 cm³/mol. The van der Waals surface area contributed by atoms with Crippen LogP contribution in [0.3, 0.4) is 0 Å². The molecule has 4 rings (SSSR count). The second-order valence-electron chi connectivity index (χ2n) is 8.19. The van der Waals surface area contributed by atoms with E-state index in [2.05, 4.69) is 25.3 Å². The van der Waals surface area contributed by atoms with Crippen molar-refractivity contribution in [3.8, 4) is 5.88 Å². The standard InChI is InChI=1S/C24H32N6O5/c1-18(28-32-2)19-4-3-5-20(16-19)25-23(31)21-17-22(35-15-8-29-6-11-33-12-7-29)27-24(26-21)30-9-13-34-14-10-30/h3-5,16-17H,6-15H2,1-2H3,(H,25,31). The molecule has 0 saturated carbocycles. The van der Waals surface area contributed by atoms with Crippen LogP contribution in [0.4, 0.5) is 11.6 Å². The third kappa shape index (κ3) is 7.10. The van der Waals surface area contributed by atoms with E-state index < -0.39 is 0 Å². The summed E-state index contributed by atoms with van der Waals surface area (Å²) in [6, 6.07) is 8.97. The Bertz CT molecular complexity index is 1020. The van der Waals surface area contributed by atoms with Crippen LogP contribution in [0.1, 0.15) is 23.0 Å². The van der Waals surface area contributed by atoms with Crippen LogP contribution in [0, 0.1) is 0 Å². The highest BCUT2D eigenvalue weighted by molar-refractivity contribution is 6.04. The van der Waals surface area contributed by atoms with Crippen molar-refractivity contribution in [2.75, 3.05) is 83.1 Å². The number of oxime groups is 1. The number of rotatable bonds is 9. The average molecular weight is 485 g/mol. The lowest BCUT2D eigenvalue weighted by Crippen LogP contribution is -2.39. The van der Waals surface area contributed by atoms with Gasteiger partial charge in [-0.3, -0.25) is 9.69 Å². The van der Waals surface area contributed by atoms with E-state index in [0.717, 1.165) is 38.4 Å². The minimum absolute atomic E-state index is 0.232. The molecule has 0 atom stereocenters. The van der Waals surface area contributed by atoms with Gasteiger partial charge in [0.1, 0.15) is 19.4 Å². The van der Waals surface area contributed by atoms with Gasteiger partial charge in [-0.15, -0.1) is 0 Å². The predicted octanol–water partition coefficient (Wildman–Crippen LogP) is 1.65. The van der Waals surface area contributed by atoms with Crippen molar-refractivity contribution in [2.24, 2.45) is 5.16 Å². The highest BCUT2D eigenvalue weighted by Gasteiger charge is 2.20. The summed E-state index contributed by atoms with van der Waals surface area (Å²) < 4.78 is 16.8. The molecule has 0 unspecified atom stereocenters. The van der Waals surface area contributed by atoms with Crippen molar-refractivity contribution in [1.82, 2.24) is 14.9 Å². The number of amides is 1. The van der Waals surface area contributed by atoms with E-state index in [1.54, 1.807) is 6.07 Å². The monoisotopic (exact) mass is 484 g/mol. The second-order valence-corrected chi connectivity index (χ2v) is 8.19. The quantitative estimate of drug-likeness (QED) is 0.419. The molecule has 1 aromatic heterocycles. The number of ether oxygens (including phenoxy) is 3. The number of hydrogen-bond acceptors (Lipinski definition) is 10. The summed E-state index contributed by atoms with van der Waals surface area (Å²) in [6.07, 6.45) is 0. The van der Waals surface area contributed by atoms with Gasteiger partial charge in [0, 0.05) is 50.0 Å². The average Bonchev–Trinajstić information content (AvgIpc) is 2.90. The van der Waals surface area contributed by atoms with Crippen molar-refractivity contribution in [3.63, 3.8) is 0 Å². The normalized spacial score (nSPS) is 17.2. The first-order chi connectivity index (χ1) is 17.1. The number of hydrogen-bond donors (Lipinski definition) is 1. The third-order valence-corrected chi connectivity index (χ3v) is 5.75. The van der Waals surface area contributed by atoms with E-state index >= 15 is 0 Å². The number of carbonyl (C=O) groups is 1. The van der Waals surface area contributed by atoms with Crippen LogP contribution in [0.2, 0.25) is 0 Å². The van der Waals surface area contributed by atoms with E-state index in [0.29, 0.717) is 56.1 Å². The number of benzene rings is 1. The first kappa shape index (κ1) is 24.8. The zero-order valence-corrected chi connectivity index (χ0v) is 20.2. The van der Waals surface area contributed by atoms with Crippen molar-refractivity contribution in [2.45, 2.75) is 6.92 Å². The van der Waals surface area contributed by atoms with Crippen LogP contribution in [-0.2, 0) is 14.3 Å². The van der Waals surface area contributed by atoms with Gasteiger partial charge in [0.2, 0.25) is 11.8 Å². The molecule has 2 aromatic rings. The summed E-state index contributed by atoms with van der Waals surface area (Å²) in [5.41, 5.74) is 2.40. The van der Waals surface area contributed by atoms with Crippen molar-refractivity contribution >= 4 is 23.3 Å². The summed E-state index contributed by atoms with van der Waals surface area (Å²) in [6.45, 7) is 8.76. The minimum atomic E-state index is -0.349. The zero-order valence-electron chi connectivity index (χ0n) is 20.2. The van der Waals surface area contributed by atoms with Gasteiger partial charge in [-0.05, 0) is 19.1 Å². The summed E-state index contributed by atoms with van der Waals surface area (Å²) in [7, 11) is 1.50. The molecule has 2 aliphatic heterocycles. The van der Waals surface area contributed by atoms with E-state index in [1.807, 2.05) is 36.1 Å². The number of morpholine rings is 2. The smallest absolute Gasteiger partial charge is 0.274 e. The maximum atomic E-state index is 13.2. The number of aromatic nitrogens is 2. The summed E-state index contributed by atoms with van der Waals surface area (Å²) in [5, 5.41) is 6.87. The number of nitrogens with zero attached hydrogens (tertiary/aromatic N) is 5. The summed E-state index contributed by atoms with van der Waals surface area (Å²) in [5.74, 6) is 0.481. The van der Waals surface area contributed by atoms with E-state index in [1.165, 1.54) is 7.11 Å². The Kier molecular flexibility index (Phi) is 8.82. The maximum Gasteiger partial charge on any atom is 0.274 e. The van der Waals surface area contributed by atoms with E-state index in [-0.39, 0.29) is 11.6 Å². The lowest BCUT2D eigenvalue weighted by molar-refractivity contribution is 0.0320. The highest BCUT2D eigenvalue weighted by atomic mass is 16.6. The number of nitrogens with one attached hydrogen (secondary N) is 1. The number of carbonyl (C=O) groups excluding carboxylic acids is 1. The molecule has 3 heterocycles. The van der Waals surface area contributed by atoms with Gasteiger partial charge in [-0.25, -0.2) is 4.98 Å². The molecular formula is C24H32N6O5. The van der Waals surface area contributed by atoms with Gasteiger partial charge < -0.3 is 29.3 Å². The molecule has 0 aliphatic carbocycles. The molecule has 2 fully saturated rings. The highest BCUT2D eigenvalue weighted by Crippen LogP contribution is 2.19. The second kappa shape index (κ2) is 12.4. The Labute approximate surface area is 205 Å². The molecular weight excluding hydrogens is 452 g/mol. The van der Waals surface area contributed by atoms with Crippen LogP contribution in [0.15, 0.2) is 35.5 Å². The van der Waals surface area contributed by atoms with Gasteiger partial charge in [0.05, 0.1) is 32.1 Å². The summed E-state index contributed by atoms with van der Waals surface area (Å²) >= 11 is 0. The molecule has 11 nitrogen and oxygen atoms in total. The first-order valence-corrected chi connectivity index (χ1v) is 11.8. The third-order valence-electron chi connectivity index (χ3n) is 5.75. The van der Waals surface area contributed by atoms with Gasteiger partial charge in [0.25, 0.3) is 5.91 Å². The number of anilines is 2. The molecule has 1 amide bonds. The maximum absolute atomic E-state index is 13.2. The van der Waals surface area contributed by atoms with Crippen LogP contribution in [0.5, 0.6) is 5.88 Å². The van der Waals surface area contributed by atoms with Crippen molar-refractivity contribution < 1.29 is 23.8 Å². The Hall–Kier alpha value is -3.28. The van der Waals surface area contributed by atoms with Crippen LogP contribution >= 0.6 is 0 Å². The lowest BCUT2D eigenvalue weighted by Gasteiger charge is -2.27. The molecule has 35 heavy (non-hydrogen) atoms. The van der Waals surface area contributed by atoms with E-state index in [4.69, 9.17) is 19.0 Å². The van der Waals surface area contributed by atoms with Crippen LogP contribution in [0.25, 0.3) is 0 Å². The SMILES string of the molecule is CON=C(C)c1cccc(NC(=O)c2cc(OCCN3CCOCC3)nc(N3CCOCC3)n2)c1. The molecule has 2 aliphatic rings. The Morgan fingerprint density at radius 1 is 1.09 bits per heavy atom. The molecule has 1 N–H and O–H groups in total. The zero-order chi connectivity index (χ0) is 24.5. The topological polar surface area (TPSA) is 111 Å². The Morgan fingerprint density at radius 3 is 2.57 bits per heavy atom. The molecule has 0 radical (unpaired) electrons. The fourth-order valence-corrected chi connectivity index (χ4v) is 3.82. The molecule has 1 aromatic carbocycles. The molecule has 188 valence electrons. The van der Waals surface area contributed by atoms with Crippen molar-refractivity contribution in [1.29, 1.82) is 0 Å². The van der Waals surface area contributed by atoms with Gasteiger partial charge >= 0.3 is 0 Å². The largest absolute Gasteiger partial charge is 0.476 e. The van der Waals surface area contributed by atoms with Crippen LogP contribution in [-0.4, -0.2) is 99.4 Å². The fraction of sp³-hybridized carbons (Fsp3) is 0.500. The molecule has 0 spiro atoms. The Morgan fingerprint density at radius 2 is 1.83 bits per heavy atom. The van der Waals surface area contributed by atoms with Crippen LogP contribution < -0.4 is 15.0 Å². The molecule has 0 bridgehead atoms. The van der Waals surface area contributed by atoms with Gasteiger partial charge in [0.15, 0.2) is 0 Å². The Balaban J connectivity index is 1.49. The van der Waals surface area contributed by atoms with E-state index in [9.17, 15) is 4.79 Å². The van der Waals surface area contributed by atoms with Crippen molar-refractivity contribution in [3.05, 3.63) is 41.6 Å². The minimum Gasteiger partial charge on any atom is -0.476 e. The van der Waals surface area contributed by atoms with Gasteiger partial charge in [-0.2, -0.15) is 4.98 Å². The fourth-order valence-electron chi connectivity index (χ4n) is 3.82. The van der Waals surface area contributed by atoms with Gasteiger partial charge in [-0.1, -0.05) is 17.3 Å².